The van der Waals surface area contributed by atoms with Gasteiger partial charge in [-0.2, -0.15) is 0 Å². The van der Waals surface area contributed by atoms with Crippen molar-refractivity contribution >= 4 is 34.8 Å². The van der Waals surface area contributed by atoms with Gasteiger partial charge in [-0.25, -0.2) is 0 Å². The average Bonchev–Trinajstić information content (AvgIpc) is 2.82. The van der Waals surface area contributed by atoms with Crippen molar-refractivity contribution in [3.8, 4) is 0 Å². The molecule has 1 aliphatic heterocycles. The lowest BCUT2D eigenvalue weighted by Gasteiger charge is -2.19. The van der Waals surface area contributed by atoms with E-state index in [1.54, 1.807) is 11.8 Å². The molecule has 1 aromatic rings. The zero-order valence-electron chi connectivity index (χ0n) is 10.6. The number of carbonyl (C=O) groups excluding carboxylic acids is 1. The summed E-state index contributed by atoms with van der Waals surface area (Å²) in [5.41, 5.74) is 6.41. The number of aliphatic hydroxyl groups excluding tert-OH is 1. The van der Waals surface area contributed by atoms with Crippen LogP contribution in [0.5, 0.6) is 0 Å². The molecule has 2 unspecified atom stereocenters. The van der Waals surface area contributed by atoms with Gasteiger partial charge in [0.2, 0.25) is 0 Å². The van der Waals surface area contributed by atoms with E-state index in [0.29, 0.717) is 24.3 Å². The summed E-state index contributed by atoms with van der Waals surface area (Å²) in [7, 11) is 0. The number of benzene rings is 1. The largest absolute Gasteiger partial charge is 0.399 e. The molecule has 0 saturated carbocycles. The van der Waals surface area contributed by atoms with Crippen molar-refractivity contribution in [3.63, 3.8) is 0 Å². The van der Waals surface area contributed by atoms with Crippen LogP contribution in [0.1, 0.15) is 23.7 Å². The van der Waals surface area contributed by atoms with E-state index in [2.05, 4.69) is 0 Å². The molecule has 6 heteroatoms. The van der Waals surface area contributed by atoms with Gasteiger partial charge in [0.25, 0.3) is 5.91 Å². The number of nitrogens with two attached hydrogens (primary N) is 1. The molecule has 0 spiro atoms. The van der Waals surface area contributed by atoms with E-state index in [1.807, 2.05) is 0 Å². The third kappa shape index (κ3) is 2.96. The fourth-order valence-corrected chi connectivity index (χ4v) is 2.72. The maximum atomic E-state index is 12.4. The first-order valence-corrected chi connectivity index (χ1v) is 6.87. The topological polar surface area (TPSA) is 66.6 Å². The zero-order chi connectivity index (χ0) is 14.2. The highest BCUT2D eigenvalue weighted by molar-refractivity contribution is 6.44. The third-order valence-corrected chi connectivity index (χ3v) is 4.28. The molecule has 0 aromatic heterocycles. The van der Waals surface area contributed by atoms with E-state index < -0.39 is 6.10 Å². The van der Waals surface area contributed by atoms with Gasteiger partial charge >= 0.3 is 0 Å². The van der Waals surface area contributed by atoms with Gasteiger partial charge in [-0.1, -0.05) is 23.2 Å². The minimum atomic E-state index is -0.419. The van der Waals surface area contributed by atoms with Crippen molar-refractivity contribution in [1.82, 2.24) is 4.90 Å². The molecule has 0 aliphatic carbocycles. The number of nitrogen functional groups attached to an aromatic ring is 1. The fourth-order valence-electron chi connectivity index (χ4n) is 2.30. The minimum absolute atomic E-state index is 0.110. The van der Waals surface area contributed by atoms with E-state index in [9.17, 15) is 9.90 Å². The highest BCUT2D eigenvalue weighted by Gasteiger charge is 2.30. The lowest BCUT2D eigenvalue weighted by Crippen LogP contribution is -2.30. The summed E-state index contributed by atoms with van der Waals surface area (Å²) >= 11 is 12.0. The summed E-state index contributed by atoms with van der Waals surface area (Å²) in [5, 5.41) is 10.1. The molecule has 1 saturated heterocycles. The Morgan fingerprint density at radius 1 is 1.53 bits per heavy atom. The van der Waals surface area contributed by atoms with Crippen LogP contribution >= 0.6 is 23.2 Å². The molecule has 1 fully saturated rings. The van der Waals surface area contributed by atoms with Gasteiger partial charge in [0, 0.05) is 24.7 Å². The van der Waals surface area contributed by atoms with Crippen molar-refractivity contribution in [1.29, 1.82) is 0 Å². The van der Waals surface area contributed by atoms with Crippen LogP contribution in [0.15, 0.2) is 12.1 Å². The highest BCUT2D eigenvalue weighted by atomic mass is 35.5. The van der Waals surface area contributed by atoms with Crippen LogP contribution in [0.3, 0.4) is 0 Å². The fraction of sp³-hybridized carbons (Fsp3) is 0.462. The molecule has 1 aromatic carbocycles. The van der Waals surface area contributed by atoms with Crippen LogP contribution in [0.4, 0.5) is 5.69 Å². The van der Waals surface area contributed by atoms with Gasteiger partial charge in [0.05, 0.1) is 21.7 Å². The normalized spacial score (nSPS) is 20.6. The van der Waals surface area contributed by atoms with Crippen LogP contribution in [0, 0.1) is 5.92 Å². The molecule has 2 rings (SSSR count). The summed E-state index contributed by atoms with van der Waals surface area (Å²) in [6, 6.07) is 3.05. The van der Waals surface area contributed by atoms with Crippen LogP contribution in [0.25, 0.3) is 0 Å². The van der Waals surface area contributed by atoms with Gasteiger partial charge in [-0.15, -0.1) is 0 Å². The third-order valence-electron chi connectivity index (χ3n) is 3.48. The number of hydrogen-bond donors (Lipinski definition) is 2. The number of carbonyl (C=O) groups is 1. The maximum absolute atomic E-state index is 12.4. The summed E-state index contributed by atoms with van der Waals surface area (Å²) in [6.07, 6.45) is 0.370. The van der Waals surface area contributed by atoms with Gasteiger partial charge < -0.3 is 15.7 Å². The van der Waals surface area contributed by atoms with Gasteiger partial charge in [0.1, 0.15) is 0 Å². The predicted octanol–water partition coefficient (Wildman–Crippen LogP) is 2.42. The summed E-state index contributed by atoms with van der Waals surface area (Å²) in [4.78, 5) is 14.1. The number of halogens is 2. The van der Waals surface area contributed by atoms with Crippen molar-refractivity contribution in [2.24, 2.45) is 5.92 Å². The second-order valence-electron chi connectivity index (χ2n) is 4.90. The van der Waals surface area contributed by atoms with Gasteiger partial charge in [-0.3, -0.25) is 4.79 Å². The lowest BCUT2D eigenvalue weighted by molar-refractivity contribution is 0.0762. The first-order valence-electron chi connectivity index (χ1n) is 6.12. The SMILES string of the molecule is CC(O)C1CCN(C(=O)c2cc(N)cc(Cl)c2Cl)C1. The predicted molar refractivity (Wildman–Crippen MR) is 76.6 cm³/mol. The van der Waals surface area contributed by atoms with Crippen LogP contribution in [-0.4, -0.2) is 35.1 Å². The second kappa shape index (κ2) is 5.57. The molecular weight excluding hydrogens is 287 g/mol. The Morgan fingerprint density at radius 3 is 2.79 bits per heavy atom. The van der Waals surface area contributed by atoms with Crippen LogP contribution in [-0.2, 0) is 0 Å². The number of amides is 1. The Bertz CT molecular complexity index is 506. The van der Waals surface area contributed by atoms with Crippen molar-refractivity contribution in [3.05, 3.63) is 27.7 Å². The molecule has 1 amide bonds. The molecule has 1 aliphatic rings. The molecule has 1 heterocycles. The summed E-state index contributed by atoms with van der Waals surface area (Å²) in [6.45, 7) is 2.87. The van der Waals surface area contributed by atoms with E-state index in [1.165, 1.54) is 12.1 Å². The molecule has 0 bridgehead atoms. The first-order chi connectivity index (χ1) is 8.90. The van der Waals surface area contributed by atoms with Crippen molar-refractivity contribution in [2.45, 2.75) is 19.4 Å². The molecular formula is C13H16Cl2N2O2. The summed E-state index contributed by atoms with van der Waals surface area (Å²) in [5.74, 6) is -0.0818. The van der Waals surface area contributed by atoms with Crippen molar-refractivity contribution < 1.29 is 9.90 Å². The maximum Gasteiger partial charge on any atom is 0.255 e. The van der Waals surface area contributed by atoms with E-state index >= 15 is 0 Å². The Kier molecular flexibility index (Phi) is 4.23. The summed E-state index contributed by atoms with van der Waals surface area (Å²) < 4.78 is 0. The number of aliphatic hydroxyl groups is 1. The monoisotopic (exact) mass is 302 g/mol. The van der Waals surface area contributed by atoms with E-state index in [4.69, 9.17) is 28.9 Å². The number of hydrogen-bond acceptors (Lipinski definition) is 3. The Hall–Kier alpha value is -0.970. The molecule has 2 atom stereocenters. The Labute approximate surface area is 122 Å². The Balaban J connectivity index is 2.22. The van der Waals surface area contributed by atoms with Crippen LogP contribution in [0.2, 0.25) is 10.0 Å². The van der Waals surface area contributed by atoms with E-state index in [-0.39, 0.29) is 21.9 Å². The quantitative estimate of drug-likeness (QED) is 0.825. The lowest BCUT2D eigenvalue weighted by atomic mass is 10.0. The molecule has 104 valence electrons. The second-order valence-corrected chi connectivity index (χ2v) is 5.69. The smallest absolute Gasteiger partial charge is 0.255 e. The highest BCUT2D eigenvalue weighted by Crippen LogP contribution is 2.31. The number of nitrogens with zero attached hydrogens (tertiary/aromatic N) is 1. The number of likely N-dealkylation sites (tertiary alicyclic amines) is 1. The average molecular weight is 303 g/mol. The number of anilines is 1. The standard InChI is InChI=1S/C13H16Cl2N2O2/c1-7(18)8-2-3-17(6-8)13(19)10-4-9(16)5-11(14)12(10)15/h4-5,7-8,18H,2-3,6,16H2,1H3. The van der Waals surface area contributed by atoms with E-state index in [0.717, 1.165) is 6.42 Å². The molecule has 3 N–H and O–H groups in total. The first kappa shape index (κ1) is 14.4. The number of rotatable bonds is 2. The molecule has 0 radical (unpaired) electrons. The van der Waals surface area contributed by atoms with Gasteiger partial charge in [-0.05, 0) is 25.5 Å². The zero-order valence-corrected chi connectivity index (χ0v) is 12.1. The van der Waals surface area contributed by atoms with Gasteiger partial charge in [0.15, 0.2) is 0 Å². The minimum Gasteiger partial charge on any atom is -0.399 e. The molecule has 4 nitrogen and oxygen atoms in total. The molecule has 19 heavy (non-hydrogen) atoms. The van der Waals surface area contributed by atoms with Crippen molar-refractivity contribution in [2.75, 3.05) is 18.8 Å². The van der Waals surface area contributed by atoms with Crippen LogP contribution < -0.4 is 5.73 Å². The Morgan fingerprint density at radius 2 is 2.21 bits per heavy atom.